The highest BCUT2D eigenvalue weighted by atomic mass is 35.5. The number of carbonyl (C=O) groups excluding carboxylic acids is 1. The van der Waals surface area contributed by atoms with Crippen molar-refractivity contribution >= 4 is 17.6 Å². The summed E-state index contributed by atoms with van der Waals surface area (Å²) in [7, 11) is 2.92. The number of aromatic nitrogens is 2. The van der Waals surface area contributed by atoms with Gasteiger partial charge in [-0.05, 0) is 17.5 Å². The molecule has 0 aliphatic rings. The Hall–Kier alpha value is -2.14. The summed E-state index contributed by atoms with van der Waals surface area (Å²) in [4.78, 5) is 22.7. The predicted octanol–water partition coefficient (Wildman–Crippen LogP) is 2.21. The van der Waals surface area contributed by atoms with Crippen LogP contribution >= 0.6 is 11.6 Å². The number of benzene rings is 1. The van der Waals surface area contributed by atoms with Crippen molar-refractivity contribution in [3.63, 3.8) is 0 Å². The van der Waals surface area contributed by atoms with Crippen molar-refractivity contribution in [1.82, 2.24) is 9.78 Å². The van der Waals surface area contributed by atoms with E-state index in [0.29, 0.717) is 18.4 Å². The van der Waals surface area contributed by atoms with E-state index in [0.717, 1.165) is 11.1 Å². The molecule has 1 aromatic heterocycles. The minimum absolute atomic E-state index is 0.218. The highest BCUT2D eigenvalue weighted by Crippen LogP contribution is 2.24. The molecule has 0 saturated heterocycles. The van der Waals surface area contributed by atoms with Gasteiger partial charge in [0.25, 0.3) is 5.56 Å². The number of methoxy groups -OCH3 is 1. The molecule has 2 aromatic rings. The number of hydrogen-bond donors (Lipinski definition) is 0. The van der Waals surface area contributed by atoms with E-state index in [2.05, 4.69) is 9.84 Å². The molecular formula is C15H15ClN2O3. The van der Waals surface area contributed by atoms with Crippen LogP contribution in [0.3, 0.4) is 0 Å². The first-order valence-corrected chi connectivity index (χ1v) is 6.79. The summed E-state index contributed by atoms with van der Waals surface area (Å²) < 4.78 is 5.79. The Labute approximate surface area is 127 Å². The number of carbonyl (C=O) groups is 1. The van der Waals surface area contributed by atoms with E-state index in [4.69, 9.17) is 11.6 Å². The van der Waals surface area contributed by atoms with Crippen molar-refractivity contribution < 1.29 is 9.53 Å². The van der Waals surface area contributed by atoms with Gasteiger partial charge in [-0.3, -0.25) is 9.59 Å². The van der Waals surface area contributed by atoms with Crippen molar-refractivity contribution in [2.75, 3.05) is 7.11 Å². The monoisotopic (exact) mass is 306 g/mol. The van der Waals surface area contributed by atoms with E-state index >= 15 is 0 Å². The van der Waals surface area contributed by atoms with Gasteiger partial charge in [0.15, 0.2) is 5.15 Å². The average Bonchev–Trinajstić information content (AvgIpc) is 2.49. The van der Waals surface area contributed by atoms with Gasteiger partial charge in [-0.25, -0.2) is 4.68 Å². The molecule has 0 N–H and O–H groups in total. The Morgan fingerprint density at radius 1 is 1.33 bits per heavy atom. The fraction of sp³-hybridized carbons (Fsp3) is 0.267. The topological polar surface area (TPSA) is 61.2 Å². The van der Waals surface area contributed by atoms with Crippen LogP contribution in [0.15, 0.2) is 35.1 Å². The Kier molecular flexibility index (Phi) is 4.75. The molecule has 0 amide bonds. The van der Waals surface area contributed by atoms with E-state index < -0.39 is 0 Å². The van der Waals surface area contributed by atoms with Crippen LogP contribution in [-0.4, -0.2) is 22.9 Å². The number of esters is 1. The number of nitrogens with zero attached hydrogens (tertiary/aromatic N) is 2. The lowest BCUT2D eigenvalue weighted by Crippen LogP contribution is -2.18. The Morgan fingerprint density at radius 2 is 2.00 bits per heavy atom. The van der Waals surface area contributed by atoms with Gasteiger partial charge in [-0.1, -0.05) is 35.9 Å². The van der Waals surface area contributed by atoms with Crippen molar-refractivity contribution in [2.24, 2.45) is 7.05 Å². The van der Waals surface area contributed by atoms with Crippen LogP contribution in [0.25, 0.3) is 11.1 Å². The van der Waals surface area contributed by atoms with Crippen molar-refractivity contribution in [1.29, 1.82) is 0 Å². The second kappa shape index (κ2) is 6.54. The zero-order chi connectivity index (χ0) is 15.4. The molecule has 0 saturated carbocycles. The average molecular weight is 307 g/mol. The molecule has 0 bridgehead atoms. The van der Waals surface area contributed by atoms with Crippen molar-refractivity contribution in [3.05, 3.63) is 51.4 Å². The molecule has 0 fully saturated rings. The SMILES string of the molecule is COC(=O)CCc1ccc(-c2cc(=O)n(C)nc2Cl)cc1. The van der Waals surface area contributed by atoms with Crippen LogP contribution in [0.2, 0.25) is 5.15 Å². The minimum atomic E-state index is -0.238. The van der Waals surface area contributed by atoms with Crippen LogP contribution < -0.4 is 5.56 Å². The molecule has 0 aliphatic carbocycles. The number of ether oxygens (including phenoxy) is 1. The minimum Gasteiger partial charge on any atom is -0.469 e. The smallest absolute Gasteiger partial charge is 0.305 e. The third kappa shape index (κ3) is 3.70. The summed E-state index contributed by atoms with van der Waals surface area (Å²) in [5, 5.41) is 4.23. The van der Waals surface area contributed by atoms with Gasteiger partial charge in [0.05, 0.1) is 7.11 Å². The molecule has 2 rings (SSSR count). The fourth-order valence-electron chi connectivity index (χ4n) is 1.91. The first-order valence-electron chi connectivity index (χ1n) is 6.41. The van der Waals surface area contributed by atoms with Crippen LogP contribution in [0.1, 0.15) is 12.0 Å². The third-order valence-corrected chi connectivity index (χ3v) is 3.44. The molecule has 0 unspecified atom stereocenters. The van der Waals surface area contributed by atoms with Gasteiger partial charge in [0.1, 0.15) is 0 Å². The highest BCUT2D eigenvalue weighted by molar-refractivity contribution is 6.32. The molecule has 0 atom stereocenters. The van der Waals surface area contributed by atoms with E-state index in [9.17, 15) is 9.59 Å². The maximum Gasteiger partial charge on any atom is 0.305 e. The lowest BCUT2D eigenvalue weighted by atomic mass is 10.0. The van der Waals surface area contributed by atoms with Gasteiger partial charge in [-0.2, -0.15) is 5.10 Å². The lowest BCUT2D eigenvalue weighted by molar-refractivity contribution is -0.140. The van der Waals surface area contributed by atoms with E-state index in [-0.39, 0.29) is 16.7 Å². The summed E-state index contributed by atoms with van der Waals surface area (Å²) in [6.45, 7) is 0. The van der Waals surface area contributed by atoms with E-state index in [1.807, 2.05) is 24.3 Å². The summed E-state index contributed by atoms with van der Waals surface area (Å²) in [6, 6.07) is 8.96. The Bertz CT molecular complexity index is 708. The number of aryl methyl sites for hydroxylation is 2. The van der Waals surface area contributed by atoms with Gasteiger partial charge in [0, 0.05) is 25.1 Å². The molecule has 0 spiro atoms. The second-order valence-corrected chi connectivity index (χ2v) is 4.94. The first-order chi connectivity index (χ1) is 10.0. The zero-order valence-electron chi connectivity index (χ0n) is 11.8. The van der Waals surface area contributed by atoms with E-state index in [1.165, 1.54) is 17.9 Å². The Morgan fingerprint density at radius 3 is 2.62 bits per heavy atom. The van der Waals surface area contributed by atoms with Gasteiger partial charge in [-0.15, -0.1) is 0 Å². The molecular weight excluding hydrogens is 292 g/mol. The zero-order valence-corrected chi connectivity index (χ0v) is 12.6. The molecule has 21 heavy (non-hydrogen) atoms. The maximum atomic E-state index is 11.6. The van der Waals surface area contributed by atoms with Gasteiger partial charge in [0.2, 0.25) is 0 Å². The predicted molar refractivity (Wildman–Crippen MR) is 80.3 cm³/mol. The van der Waals surface area contributed by atoms with Crippen LogP contribution in [-0.2, 0) is 23.0 Å². The van der Waals surface area contributed by atoms with Gasteiger partial charge < -0.3 is 4.74 Å². The summed E-state index contributed by atoms with van der Waals surface area (Å²) >= 11 is 6.07. The van der Waals surface area contributed by atoms with Crippen molar-refractivity contribution in [2.45, 2.75) is 12.8 Å². The quantitative estimate of drug-likeness (QED) is 0.813. The molecule has 1 heterocycles. The summed E-state index contributed by atoms with van der Waals surface area (Å²) in [5.74, 6) is -0.238. The first kappa shape index (κ1) is 15.3. The maximum absolute atomic E-state index is 11.6. The lowest BCUT2D eigenvalue weighted by Gasteiger charge is -2.06. The van der Waals surface area contributed by atoms with Crippen molar-refractivity contribution in [3.8, 4) is 11.1 Å². The molecule has 110 valence electrons. The molecule has 0 aliphatic heterocycles. The molecule has 1 aromatic carbocycles. The number of hydrogen-bond acceptors (Lipinski definition) is 4. The highest BCUT2D eigenvalue weighted by Gasteiger charge is 2.08. The molecule has 0 radical (unpaired) electrons. The number of halogens is 1. The van der Waals surface area contributed by atoms with Crippen LogP contribution in [0, 0.1) is 0 Å². The normalized spacial score (nSPS) is 10.4. The van der Waals surface area contributed by atoms with E-state index in [1.54, 1.807) is 7.05 Å². The molecule has 5 nitrogen and oxygen atoms in total. The summed E-state index contributed by atoms with van der Waals surface area (Å²) in [5.41, 5.74) is 2.20. The second-order valence-electron chi connectivity index (χ2n) is 4.58. The Balaban J connectivity index is 2.21. The summed E-state index contributed by atoms with van der Waals surface area (Å²) in [6.07, 6.45) is 0.944. The third-order valence-electron chi connectivity index (χ3n) is 3.16. The largest absolute Gasteiger partial charge is 0.469 e. The van der Waals surface area contributed by atoms with Gasteiger partial charge >= 0.3 is 5.97 Å². The fourth-order valence-corrected chi connectivity index (χ4v) is 2.19. The standard InChI is InChI=1S/C15H15ClN2O3/c1-18-13(19)9-12(15(16)17-18)11-6-3-10(4-7-11)5-8-14(20)21-2/h3-4,6-7,9H,5,8H2,1-2H3. The van der Waals surface area contributed by atoms with Crippen LogP contribution in [0.4, 0.5) is 0 Å². The molecule has 6 heteroatoms. The van der Waals surface area contributed by atoms with Crippen LogP contribution in [0.5, 0.6) is 0 Å². The number of rotatable bonds is 4.